The number of hydrogen-bond donors (Lipinski definition) is 1. The van der Waals surface area contributed by atoms with E-state index in [-0.39, 0.29) is 6.10 Å². The monoisotopic (exact) mass is 223 g/mol. The normalized spacial score (nSPS) is 26.7. The molecule has 3 heterocycles. The van der Waals surface area contributed by atoms with Crippen molar-refractivity contribution < 1.29 is 9.84 Å². The number of rotatable bonds is 1. The summed E-state index contributed by atoms with van der Waals surface area (Å²) in [6.45, 7) is 2.24. The van der Waals surface area contributed by atoms with Crippen molar-refractivity contribution in [3.8, 4) is 0 Å². The van der Waals surface area contributed by atoms with E-state index in [4.69, 9.17) is 4.74 Å². The molecule has 5 heteroatoms. The molecule has 0 amide bonds. The van der Waals surface area contributed by atoms with Crippen LogP contribution in [0.25, 0.3) is 0 Å². The van der Waals surface area contributed by atoms with E-state index in [2.05, 4.69) is 10.1 Å². The molecule has 0 aromatic carbocycles. The van der Waals surface area contributed by atoms with Gasteiger partial charge in [0.15, 0.2) is 5.82 Å². The Bertz CT molecular complexity index is 371. The van der Waals surface area contributed by atoms with Crippen LogP contribution in [-0.2, 0) is 17.7 Å². The van der Waals surface area contributed by atoms with Gasteiger partial charge in [0.2, 0.25) is 0 Å². The molecule has 5 nitrogen and oxygen atoms in total. The van der Waals surface area contributed by atoms with Crippen LogP contribution in [0.2, 0.25) is 0 Å². The van der Waals surface area contributed by atoms with Crippen molar-refractivity contribution in [3.05, 3.63) is 11.6 Å². The highest BCUT2D eigenvalue weighted by molar-refractivity contribution is 5.02. The average Bonchev–Trinajstić information content (AvgIpc) is 2.73. The lowest BCUT2D eigenvalue weighted by atomic mass is 10.00. The molecule has 1 atom stereocenters. The van der Waals surface area contributed by atoms with Gasteiger partial charge in [-0.1, -0.05) is 0 Å². The summed E-state index contributed by atoms with van der Waals surface area (Å²) in [5.74, 6) is 2.43. The van der Waals surface area contributed by atoms with Crippen LogP contribution in [0.5, 0.6) is 0 Å². The van der Waals surface area contributed by atoms with Crippen molar-refractivity contribution in [2.75, 3.05) is 13.2 Å². The smallest absolute Gasteiger partial charge is 0.154 e. The lowest BCUT2D eigenvalue weighted by molar-refractivity contribution is 0.0833. The van der Waals surface area contributed by atoms with Gasteiger partial charge in [-0.3, -0.25) is 0 Å². The molecule has 0 spiro atoms. The third-order valence-electron chi connectivity index (χ3n) is 3.44. The molecule has 1 N–H and O–H groups in total. The second-order valence-corrected chi connectivity index (χ2v) is 4.65. The Morgan fingerprint density at radius 1 is 1.25 bits per heavy atom. The fourth-order valence-electron chi connectivity index (χ4n) is 2.44. The van der Waals surface area contributed by atoms with E-state index in [1.807, 2.05) is 4.68 Å². The van der Waals surface area contributed by atoms with Gasteiger partial charge < -0.3 is 9.84 Å². The van der Waals surface area contributed by atoms with Crippen molar-refractivity contribution in [2.45, 2.75) is 44.2 Å². The summed E-state index contributed by atoms with van der Waals surface area (Å²) in [6, 6.07) is 0. The predicted octanol–water partition coefficient (Wildman–Crippen LogP) is 0.479. The van der Waals surface area contributed by atoms with E-state index >= 15 is 0 Å². The largest absolute Gasteiger partial charge is 0.391 e. The van der Waals surface area contributed by atoms with Gasteiger partial charge in [0.25, 0.3) is 0 Å². The van der Waals surface area contributed by atoms with Crippen LogP contribution in [0.15, 0.2) is 0 Å². The quantitative estimate of drug-likeness (QED) is 0.752. The number of aliphatic hydroxyl groups excluding tert-OH is 1. The molecule has 2 aliphatic heterocycles. The zero-order chi connectivity index (χ0) is 11.0. The van der Waals surface area contributed by atoms with E-state index in [0.29, 0.717) is 12.5 Å². The number of fused-ring (bicyclic) bond motifs is 1. The first-order valence-corrected chi connectivity index (χ1v) is 6.02. The third kappa shape index (κ3) is 1.85. The molecule has 16 heavy (non-hydrogen) atoms. The molecule has 2 aliphatic rings. The van der Waals surface area contributed by atoms with Crippen LogP contribution >= 0.6 is 0 Å². The summed E-state index contributed by atoms with van der Waals surface area (Å²) >= 11 is 0. The first kappa shape index (κ1) is 10.2. The van der Waals surface area contributed by atoms with Crippen LogP contribution in [0, 0.1) is 0 Å². The Morgan fingerprint density at radius 2 is 2.06 bits per heavy atom. The van der Waals surface area contributed by atoms with Gasteiger partial charge in [-0.25, -0.2) is 9.67 Å². The van der Waals surface area contributed by atoms with Crippen molar-refractivity contribution in [1.29, 1.82) is 0 Å². The van der Waals surface area contributed by atoms with Crippen molar-refractivity contribution in [3.63, 3.8) is 0 Å². The topological polar surface area (TPSA) is 60.2 Å². The molecule has 0 saturated carbocycles. The molecule has 1 aromatic rings. The molecule has 1 unspecified atom stereocenters. The van der Waals surface area contributed by atoms with Gasteiger partial charge in [0, 0.05) is 25.6 Å². The van der Waals surface area contributed by atoms with Gasteiger partial charge in [-0.15, -0.1) is 0 Å². The second-order valence-electron chi connectivity index (χ2n) is 4.65. The minimum Gasteiger partial charge on any atom is -0.391 e. The minimum absolute atomic E-state index is 0.253. The minimum atomic E-state index is -0.253. The van der Waals surface area contributed by atoms with E-state index in [1.54, 1.807) is 0 Å². The first-order chi connectivity index (χ1) is 7.83. The number of aliphatic hydroxyl groups is 1. The summed E-state index contributed by atoms with van der Waals surface area (Å²) < 4.78 is 7.21. The van der Waals surface area contributed by atoms with Gasteiger partial charge in [0.1, 0.15) is 5.82 Å². The Morgan fingerprint density at radius 3 is 2.88 bits per heavy atom. The van der Waals surface area contributed by atoms with Crippen molar-refractivity contribution in [2.24, 2.45) is 0 Å². The Labute approximate surface area is 94.4 Å². The van der Waals surface area contributed by atoms with Crippen molar-refractivity contribution in [1.82, 2.24) is 14.8 Å². The second kappa shape index (κ2) is 4.14. The summed E-state index contributed by atoms with van der Waals surface area (Å²) in [6.07, 6.45) is 3.44. The highest BCUT2D eigenvalue weighted by Crippen LogP contribution is 2.25. The van der Waals surface area contributed by atoms with E-state index in [0.717, 1.165) is 50.5 Å². The molecule has 0 bridgehead atoms. The van der Waals surface area contributed by atoms with Crippen molar-refractivity contribution >= 4 is 0 Å². The van der Waals surface area contributed by atoms with E-state index in [1.165, 1.54) is 0 Å². The standard InChI is InChI=1S/C11H17N3O2/c15-9-1-2-10-12-11(13-14(10)7-9)8-3-5-16-6-4-8/h8-9,15H,1-7H2. The van der Waals surface area contributed by atoms with Crippen LogP contribution in [0.1, 0.15) is 36.8 Å². The summed E-state index contributed by atoms with van der Waals surface area (Å²) in [5, 5.41) is 14.1. The maximum absolute atomic E-state index is 9.57. The number of aryl methyl sites for hydroxylation is 1. The highest BCUT2D eigenvalue weighted by atomic mass is 16.5. The lowest BCUT2D eigenvalue weighted by Gasteiger charge is -2.19. The highest BCUT2D eigenvalue weighted by Gasteiger charge is 2.24. The maximum Gasteiger partial charge on any atom is 0.154 e. The van der Waals surface area contributed by atoms with Gasteiger partial charge in [0.05, 0.1) is 12.6 Å². The molecule has 0 radical (unpaired) electrons. The Balaban J connectivity index is 1.80. The molecule has 1 fully saturated rings. The summed E-state index contributed by atoms with van der Waals surface area (Å²) in [5.41, 5.74) is 0. The van der Waals surface area contributed by atoms with Gasteiger partial charge in [-0.2, -0.15) is 5.10 Å². The van der Waals surface area contributed by atoms with Crippen LogP contribution in [-0.4, -0.2) is 39.2 Å². The molecule has 1 saturated heterocycles. The zero-order valence-electron chi connectivity index (χ0n) is 9.30. The molecule has 0 aliphatic carbocycles. The van der Waals surface area contributed by atoms with E-state index < -0.39 is 0 Å². The Kier molecular flexibility index (Phi) is 2.65. The SMILES string of the molecule is OC1CCc2nc(C3CCOCC3)nn2C1. The molecule has 88 valence electrons. The molecular weight excluding hydrogens is 206 g/mol. The lowest BCUT2D eigenvalue weighted by Crippen LogP contribution is -2.25. The first-order valence-electron chi connectivity index (χ1n) is 6.02. The molecule has 1 aromatic heterocycles. The fraction of sp³-hybridized carbons (Fsp3) is 0.818. The predicted molar refractivity (Wildman–Crippen MR) is 57.1 cm³/mol. The number of aromatic nitrogens is 3. The number of nitrogens with zero attached hydrogens (tertiary/aromatic N) is 3. The van der Waals surface area contributed by atoms with Crippen LogP contribution in [0.4, 0.5) is 0 Å². The summed E-state index contributed by atoms with van der Waals surface area (Å²) in [7, 11) is 0. The van der Waals surface area contributed by atoms with E-state index in [9.17, 15) is 5.11 Å². The van der Waals surface area contributed by atoms with Crippen LogP contribution < -0.4 is 0 Å². The summed E-state index contributed by atoms with van der Waals surface area (Å²) in [4.78, 5) is 4.59. The zero-order valence-corrected chi connectivity index (χ0v) is 9.30. The maximum atomic E-state index is 9.57. The fourth-order valence-corrected chi connectivity index (χ4v) is 2.44. The molecule has 3 rings (SSSR count). The molecular formula is C11H17N3O2. The number of hydrogen-bond acceptors (Lipinski definition) is 4. The van der Waals surface area contributed by atoms with Gasteiger partial charge in [-0.05, 0) is 19.3 Å². The number of ether oxygens (including phenoxy) is 1. The van der Waals surface area contributed by atoms with Crippen LogP contribution in [0.3, 0.4) is 0 Å². The third-order valence-corrected chi connectivity index (χ3v) is 3.44. The Hall–Kier alpha value is -0.940. The average molecular weight is 223 g/mol. The van der Waals surface area contributed by atoms with Gasteiger partial charge >= 0.3 is 0 Å².